The quantitative estimate of drug-likeness (QED) is 0.834. The average Bonchev–Trinajstić information content (AvgIpc) is 3.08. The second-order valence-electron chi connectivity index (χ2n) is 6.51. The van der Waals surface area contributed by atoms with Gasteiger partial charge in [0.2, 0.25) is 0 Å². The molecule has 2 heterocycles. The first-order valence-electron chi connectivity index (χ1n) is 7.95. The van der Waals surface area contributed by atoms with Crippen LogP contribution in [-0.2, 0) is 17.7 Å². The Labute approximate surface area is 127 Å². The minimum absolute atomic E-state index is 0.131. The maximum atomic E-state index is 9.25. The fourth-order valence-electron chi connectivity index (χ4n) is 3.51. The topological polar surface area (TPSA) is 44.7 Å². The van der Waals surface area contributed by atoms with Gasteiger partial charge in [-0.1, -0.05) is 12.1 Å². The number of benzene rings is 1. The predicted molar refractivity (Wildman–Crippen MR) is 84.7 cm³/mol. The van der Waals surface area contributed by atoms with E-state index in [1.54, 1.807) is 0 Å². The maximum absolute atomic E-state index is 9.25. The van der Waals surface area contributed by atoms with Crippen molar-refractivity contribution in [2.75, 3.05) is 44.9 Å². The van der Waals surface area contributed by atoms with Crippen molar-refractivity contribution < 1.29 is 9.84 Å². The van der Waals surface area contributed by atoms with Gasteiger partial charge in [-0.15, -0.1) is 0 Å². The highest BCUT2D eigenvalue weighted by atomic mass is 16.5. The zero-order chi connectivity index (χ0) is 14.7. The third kappa shape index (κ3) is 3.23. The fourth-order valence-corrected chi connectivity index (χ4v) is 3.51. The van der Waals surface area contributed by atoms with Gasteiger partial charge in [-0.25, -0.2) is 0 Å². The van der Waals surface area contributed by atoms with Crippen molar-refractivity contribution in [1.29, 1.82) is 0 Å². The highest BCUT2D eigenvalue weighted by Crippen LogP contribution is 2.31. The summed E-state index contributed by atoms with van der Waals surface area (Å²) in [7, 11) is 2.16. The van der Waals surface area contributed by atoms with Gasteiger partial charge in [-0.3, -0.25) is 0 Å². The molecule has 1 aromatic rings. The predicted octanol–water partition coefficient (Wildman–Crippen LogP) is 1.56. The number of aliphatic hydroxyl groups is 1. The Kier molecular flexibility index (Phi) is 4.48. The number of likely N-dealkylation sites (N-methyl/N-ethyl adjacent to an activating group) is 1. The number of anilines is 1. The van der Waals surface area contributed by atoms with Crippen molar-refractivity contribution in [2.24, 2.45) is 5.41 Å². The molecule has 0 aromatic heterocycles. The van der Waals surface area contributed by atoms with Gasteiger partial charge in [-0.05, 0) is 36.5 Å². The van der Waals surface area contributed by atoms with Crippen LogP contribution in [0.1, 0.15) is 24.0 Å². The van der Waals surface area contributed by atoms with E-state index < -0.39 is 0 Å². The molecular formula is C17H26N2O2. The molecule has 0 saturated carbocycles. The Morgan fingerprint density at radius 2 is 2.33 bits per heavy atom. The average molecular weight is 290 g/mol. The molecule has 1 aromatic carbocycles. The molecule has 2 aliphatic rings. The van der Waals surface area contributed by atoms with E-state index in [1.165, 1.54) is 16.8 Å². The molecule has 116 valence electrons. The molecule has 1 atom stereocenters. The Bertz CT molecular complexity index is 484. The van der Waals surface area contributed by atoms with Crippen LogP contribution in [0, 0.1) is 5.41 Å². The van der Waals surface area contributed by atoms with Crippen LogP contribution in [0.2, 0.25) is 0 Å². The van der Waals surface area contributed by atoms with Gasteiger partial charge in [0.05, 0.1) is 6.61 Å². The Balaban J connectivity index is 1.56. The fraction of sp³-hybridized carbons (Fsp3) is 0.647. The molecular weight excluding hydrogens is 264 g/mol. The third-order valence-corrected chi connectivity index (χ3v) is 4.93. The summed E-state index contributed by atoms with van der Waals surface area (Å²) in [5.41, 5.74) is 4.32. The van der Waals surface area contributed by atoms with Crippen molar-refractivity contribution in [3.05, 3.63) is 29.3 Å². The SMILES string of the molecule is CN1CCc2cc(CNCC3(CCO)CCOC3)ccc21. The summed E-state index contributed by atoms with van der Waals surface area (Å²) in [4.78, 5) is 2.32. The number of nitrogens with zero attached hydrogens (tertiary/aromatic N) is 1. The number of fused-ring (bicyclic) bond motifs is 1. The Morgan fingerprint density at radius 1 is 1.43 bits per heavy atom. The molecule has 0 amide bonds. The van der Waals surface area contributed by atoms with Gasteiger partial charge in [0.1, 0.15) is 0 Å². The zero-order valence-corrected chi connectivity index (χ0v) is 12.9. The minimum Gasteiger partial charge on any atom is -0.396 e. The number of aliphatic hydroxyl groups excluding tert-OH is 1. The van der Waals surface area contributed by atoms with Crippen LogP contribution in [-0.4, -0.2) is 45.1 Å². The molecule has 1 unspecified atom stereocenters. The first kappa shape index (κ1) is 14.8. The van der Waals surface area contributed by atoms with Crippen LogP contribution in [0.15, 0.2) is 18.2 Å². The van der Waals surface area contributed by atoms with Crippen LogP contribution in [0.3, 0.4) is 0 Å². The molecule has 0 radical (unpaired) electrons. The molecule has 3 rings (SSSR count). The lowest BCUT2D eigenvalue weighted by Gasteiger charge is -2.27. The lowest BCUT2D eigenvalue weighted by Crippen LogP contribution is -2.35. The number of ether oxygens (including phenoxy) is 1. The summed E-state index contributed by atoms with van der Waals surface area (Å²) < 4.78 is 5.53. The molecule has 0 bridgehead atoms. The summed E-state index contributed by atoms with van der Waals surface area (Å²) in [6, 6.07) is 6.79. The number of hydrogen-bond acceptors (Lipinski definition) is 4. The first-order chi connectivity index (χ1) is 10.2. The van der Waals surface area contributed by atoms with Crippen molar-refractivity contribution in [2.45, 2.75) is 25.8 Å². The van der Waals surface area contributed by atoms with Crippen LogP contribution >= 0.6 is 0 Å². The molecule has 1 saturated heterocycles. The Hall–Kier alpha value is -1.10. The van der Waals surface area contributed by atoms with Gasteiger partial charge >= 0.3 is 0 Å². The molecule has 0 aliphatic carbocycles. The summed E-state index contributed by atoms with van der Waals surface area (Å²) in [5, 5.41) is 12.8. The molecule has 0 spiro atoms. The van der Waals surface area contributed by atoms with Crippen molar-refractivity contribution in [3.8, 4) is 0 Å². The monoisotopic (exact) mass is 290 g/mol. The number of rotatable bonds is 6. The van der Waals surface area contributed by atoms with Crippen LogP contribution in [0.4, 0.5) is 5.69 Å². The van der Waals surface area contributed by atoms with Gasteiger partial charge in [-0.2, -0.15) is 0 Å². The molecule has 4 nitrogen and oxygen atoms in total. The van der Waals surface area contributed by atoms with E-state index >= 15 is 0 Å². The van der Waals surface area contributed by atoms with E-state index in [0.29, 0.717) is 0 Å². The second-order valence-corrected chi connectivity index (χ2v) is 6.51. The molecule has 2 N–H and O–H groups in total. The third-order valence-electron chi connectivity index (χ3n) is 4.93. The summed E-state index contributed by atoms with van der Waals surface area (Å²) in [6.45, 7) is 4.79. The number of nitrogens with one attached hydrogen (secondary N) is 1. The van der Waals surface area contributed by atoms with Gasteiger partial charge in [0.25, 0.3) is 0 Å². The highest BCUT2D eigenvalue weighted by Gasteiger charge is 2.33. The summed E-state index contributed by atoms with van der Waals surface area (Å²) in [6.07, 6.45) is 3.03. The van der Waals surface area contributed by atoms with Gasteiger partial charge < -0.3 is 20.1 Å². The molecule has 2 aliphatic heterocycles. The lowest BCUT2D eigenvalue weighted by atomic mass is 9.84. The summed E-state index contributed by atoms with van der Waals surface area (Å²) >= 11 is 0. The highest BCUT2D eigenvalue weighted by molar-refractivity contribution is 5.58. The van der Waals surface area contributed by atoms with E-state index in [0.717, 1.165) is 52.1 Å². The van der Waals surface area contributed by atoms with Gasteiger partial charge in [0, 0.05) is 51.0 Å². The van der Waals surface area contributed by atoms with Crippen LogP contribution in [0.25, 0.3) is 0 Å². The van der Waals surface area contributed by atoms with Crippen LogP contribution < -0.4 is 10.2 Å². The Morgan fingerprint density at radius 3 is 3.10 bits per heavy atom. The second kappa shape index (κ2) is 6.34. The molecule has 21 heavy (non-hydrogen) atoms. The van der Waals surface area contributed by atoms with Crippen LogP contribution in [0.5, 0.6) is 0 Å². The van der Waals surface area contributed by atoms with E-state index in [-0.39, 0.29) is 12.0 Å². The van der Waals surface area contributed by atoms with Gasteiger partial charge in [0.15, 0.2) is 0 Å². The van der Waals surface area contributed by atoms with E-state index in [2.05, 4.69) is 35.5 Å². The van der Waals surface area contributed by atoms with Crippen molar-refractivity contribution in [3.63, 3.8) is 0 Å². The molecule has 4 heteroatoms. The smallest absolute Gasteiger partial charge is 0.0536 e. The van der Waals surface area contributed by atoms with Crippen molar-refractivity contribution >= 4 is 5.69 Å². The number of hydrogen-bond donors (Lipinski definition) is 2. The zero-order valence-electron chi connectivity index (χ0n) is 12.9. The maximum Gasteiger partial charge on any atom is 0.0536 e. The van der Waals surface area contributed by atoms with E-state index in [1.807, 2.05) is 0 Å². The minimum atomic E-state index is 0.131. The lowest BCUT2D eigenvalue weighted by molar-refractivity contribution is 0.124. The largest absolute Gasteiger partial charge is 0.396 e. The molecule has 1 fully saturated rings. The first-order valence-corrected chi connectivity index (χ1v) is 7.95. The normalized spacial score (nSPS) is 24.6. The van der Waals surface area contributed by atoms with Crippen molar-refractivity contribution in [1.82, 2.24) is 5.32 Å². The van der Waals surface area contributed by atoms with E-state index in [4.69, 9.17) is 4.74 Å². The van der Waals surface area contributed by atoms with E-state index in [9.17, 15) is 5.11 Å². The standard InChI is InChI=1S/C17H26N2O2/c1-19-7-4-15-10-14(2-3-16(15)19)11-18-12-17(5-8-20)6-9-21-13-17/h2-3,10,18,20H,4-9,11-13H2,1H3. The summed E-state index contributed by atoms with van der Waals surface area (Å²) in [5.74, 6) is 0.